The Labute approximate surface area is 121 Å². The number of benzene rings is 1. The Morgan fingerprint density at radius 3 is 2.67 bits per heavy atom. The van der Waals surface area contributed by atoms with E-state index in [2.05, 4.69) is 5.32 Å². The summed E-state index contributed by atoms with van der Waals surface area (Å²) < 4.78 is 11.6. The standard InChI is InChI=1S/C15H16N2O4/c1-20-11-6-7-12(13(9-11)21-2)16-14(18)10-17-8-4-3-5-15(17)19/h3-9H,10H2,1-2H3,(H,16,18). The summed E-state index contributed by atoms with van der Waals surface area (Å²) in [5.41, 5.74) is 0.293. The summed E-state index contributed by atoms with van der Waals surface area (Å²) >= 11 is 0. The Balaban J connectivity index is 2.13. The highest BCUT2D eigenvalue weighted by Crippen LogP contribution is 2.28. The van der Waals surface area contributed by atoms with E-state index in [1.165, 1.54) is 17.7 Å². The predicted octanol–water partition coefficient (Wildman–Crippen LogP) is 1.50. The molecule has 0 atom stereocenters. The van der Waals surface area contributed by atoms with Gasteiger partial charge in [0.05, 0.1) is 19.9 Å². The highest BCUT2D eigenvalue weighted by Gasteiger charge is 2.09. The van der Waals surface area contributed by atoms with Crippen molar-refractivity contribution in [3.63, 3.8) is 0 Å². The number of nitrogens with zero attached hydrogens (tertiary/aromatic N) is 1. The van der Waals surface area contributed by atoms with Gasteiger partial charge in [-0.15, -0.1) is 0 Å². The van der Waals surface area contributed by atoms with Crippen molar-refractivity contribution in [2.75, 3.05) is 19.5 Å². The minimum absolute atomic E-state index is 0.0607. The SMILES string of the molecule is COc1ccc(NC(=O)Cn2ccccc2=O)c(OC)c1. The van der Waals surface area contributed by atoms with Crippen LogP contribution in [0.15, 0.2) is 47.4 Å². The molecule has 110 valence electrons. The number of amides is 1. The molecule has 2 aromatic rings. The van der Waals surface area contributed by atoms with Gasteiger partial charge in [-0.05, 0) is 18.2 Å². The van der Waals surface area contributed by atoms with E-state index < -0.39 is 0 Å². The van der Waals surface area contributed by atoms with Crippen LogP contribution in [0, 0.1) is 0 Å². The topological polar surface area (TPSA) is 69.6 Å². The molecule has 1 N–H and O–H groups in total. The lowest BCUT2D eigenvalue weighted by atomic mass is 10.2. The number of ether oxygens (including phenoxy) is 2. The molecule has 2 rings (SSSR count). The van der Waals surface area contributed by atoms with Crippen LogP contribution in [0.4, 0.5) is 5.69 Å². The monoisotopic (exact) mass is 288 g/mol. The molecule has 0 spiro atoms. The number of rotatable bonds is 5. The number of methoxy groups -OCH3 is 2. The van der Waals surface area contributed by atoms with Crippen molar-refractivity contribution < 1.29 is 14.3 Å². The maximum atomic E-state index is 12.0. The van der Waals surface area contributed by atoms with E-state index in [1.807, 2.05) is 0 Å². The molecule has 0 aliphatic rings. The zero-order chi connectivity index (χ0) is 15.2. The molecule has 1 heterocycles. The number of hydrogen-bond donors (Lipinski definition) is 1. The van der Waals surface area contributed by atoms with Gasteiger partial charge in [-0.1, -0.05) is 6.07 Å². The van der Waals surface area contributed by atoms with Crippen LogP contribution in [0.25, 0.3) is 0 Å². The molecule has 21 heavy (non-hydrogen) atoms. The summed E-state index contributed by atoms with van der Waals surface area (Å²) in [6.07, 6.45) is 1.56. The third kappa shape index (κ3) is 3.62. The Morgan fingerprint density at radius 2 is 2.00 bits per heavy atom. The second-order valence-electron chi connectivity index (χ2n) is 4.28. The molecule has 1 amide bonds. The van der Waals surface area contributed by atoms with Gasteiger partial charge in [0.25, 0.3) is 5.56 Å². The smallest absolute Gasteiger partial charge is 0.250 e. The van der Waals surface area contributed by atoms with Gasteiger partial charge in [0.2, 0.25) is 5.91 Å². The molecule has 6 heteroatoms. The summed E-state index contributed by atoms with van der Waals surface area (Å²) in [5.74, 6) is 0.805. The average molecular weight is 288 g/mol. The van der Waals surface area contributed by atoms with Crippen molar-refractivity contribution >= 4 is 11.6 Å². The molecule has 0 saturated heterocycles. The van der Waals surface area contributed by atoms with Crippen molar-refractivity contribution in [3.8, 4) is 11.5 Å². The van der Waals surface area contributed by atoms with Crippen molar-refractivity contribution in [1.82, 2.24) is 4.57 Å². The van der Waals surface area contributed by atoms with Crippen LogP contribution in [0.2, 0.25) is 0 Å². The highest BCUT2D eigenvalue weighted by molar-refractivity contribution is 5.92. The lowest BCUT2D eigenvalue weighted by Gasteiger charge is -2.12. The van der Waals surface area contributed by atoms with Gasteiger partial charge in [-0.2, -0.15) is 0 Å². The number of hydrogen-bond acceptors (Lipinski definition) is 4. The molecular formula is C15H16N2O4. The fourth-order valence-corrected chi connectivity index (χ4v) is 1.84. The number of carbonyl (C=O) groups excluding carboxylic acids is 1. The van der Waals surface area contributed by atoms with Crippen molar-refractivity contribution in [3.05, 3.63) is 52.9 Å². The predicted molar refractivity (Wildman–Crippen MR) is 78.9 cm³/mol. The number of nitrogens with one attached hydrogen (secondary N) is 1. The minimum atomic E-state index is -0.313. The third-order valence-electron chi connectivity index (χ3n) is 2.90. The largest absolute Gasteiger partial charge is 0.497 e. The van der Waals surface area contributed by atoms with Gasteiger partial charge in [0.1, 0.15) is 18.0 Å². The summed E-state index contributed by atoms with van der Waals surface area (Å²) in [4.78, 5) is 23.6. The summed E-state index contributed by atoms with van der Waals surface area (Å²) in [6, 6.07) is 9.80. The zero-order valence-electron chi connectivity index (χ0n) is 11.8. The van der Waals surface area contributed by atoms with Gasteiger partial charge < -0.3 is 19.4 Å². The summed E-state index contributed by atoms with van der Waals surface area (Å²) in [6.45, 7) is -0.0607. The lowest BCUT2D eigenvalue weighted by molar-refractivity contribution is -0.116. The minimum Gasteiger partial charge on any atom is -0.497 e. The quantitative estimate of drug-likeness (QED) is 0.905. The average Bonchev–Trinajstić information content (AvgIpc) is 2.50. The van der Waals surface area contributed by atoms with E-state index in [-0.39, 0.29) is 18.0 Å². The van der Waals surface area contributed by atoms with Crippen LogP contribution in [-0.4, -0.2) is 24.7 Å². The Kier molecular flexibility index (Phi) is 4.61. The van der Waals surface area contributed by atoms with Crippen LogP contribution in [0.5, 0.6) is 11.5 Å². The molecule has 1 aromatic heterocycles. The number of carbonyl (C=O) groups is 1. The van der Waals surface area contributed by atoms with Crippen LogP contribution < -0.4 is 20.3 Å². The first-order chi connectivity index (χ1) is 10.1. The van der Waals surface area contributed by atoms with Crippen molar-refractivity contribution in [1.29, 1.82) is 0 Å². The molecule has 0 aliphatic heterocycles. The van der Waals surface area contributed by atoms with E-state index in [9.17, 15) is 9.59 Å². The maximum absolute atomic E-state index is 12.0. The molecule has 0 saturated carbocycles. The molecule has 6 nitrogen and oxygen atoms in total. The number of pyridine rings is 1. The summed E-state index contributed by atoms with van der Waals surface area (Å²) in [5, 5.41) is 2.71. The Morgan fingerprint density at radius 1 is 1.19 bits per heavy atom. The van der Waals surface area contributed by atoms with E-state index in [0.717, 1.165) is 0 Å². The fraction of sp³-hybridized carbons (Fsp3) is 0.200. The van der Waals surface area contributed by atoms with E-state index in [0.29, 0.717) is 17.2 Å². The molecular weight excluding hydrogens is 272 g/mol. The normalized spacial score (nSPS) is 10.0. The first-order valence-electron chi connectivity index (χ1n) is 6.31. The third-order valence-corrected chi connectivity index (χ3v) is 2.90. The first kappa shape index (κ1) is 14.6. The fourth-order valence-electron chi connectivity index (χ4n) is 1.84. The molecule has 0 fully saturated rings. The molecule has 0 aliphatic carbocycles. The second kappa shape index (κ2) is 6.60. The second-order valence-corrected chi connectivity index (χ2v) is 4.28. The molecule has 0 bridgehead atoms. The van der Waals surface area contributed by atoms with Crippen LogP contribution in [0.3, 0.4) is 0 Å². The van der Waals surface area contributed by atoms with E-state index in [4.69, 9.17) is 9.47 Å². The van der Waals surface area contributed by atoms with E-state index >= 15 is 0 Å². The first-order valence-corrected chi connectivity index (χ1v) is 6.31. The van der Waals surface area contributed by atoms with Crippen molar-refractivity contribution in [2.24, 2.45) is 0 Å². The van der Waals surface area contributed by atoms with Crippen LogP contribution in [0.1, 0.15) is 0 Å². The lowest BCUT2D eigenvalue weighted by Crippen LogP contribution is -2.26. The van der Waals surface area contributed by atoms with Gasteiger partial charge >= 0.3 is 0 Å². The van der Waals surface area contributed by atoms with Crippen LogP contribution in [-0.2, 0) is 11.3 Å². The van der Waals surface area contributed by atoms with Gasteiger partial charge in [-0.25, -0.2) is 0 Å². The van der Waals surface area contributed by atoms with Crippen molar-refractivity contribution in [2.45, 2.75) is 6.54 Å². The molecule has 0 unspecified atom stereocenters. The van der Waals surface area contributed by atoms with Crippen LogP contribution >= 0.6 is 0 Å². The molecule has 1 aromatic carbocycles. The van der Waals surface area contributed by atoms with Gasteiger partial charge in [0, 0.05) is 18.3 Å². The highest BCUT2D eigenvalue weighted by atomic mass is 16.5. The van der Waals surface area contributed by atoms with Gasteiger partial charge in [0.15, 0.2) is 0 Å². The van der Waals surface area contributed by atoms with E-state index in [1.54, 1.807) is 43.6 Å². The number of aromatic nitrogens is 1. The molecule has 0 radical (unpaired) electrons. The van der Waals surface area contributed by atoms with Gasteiger partial charge in [-0.3, -0.25) is 9.59 Å². The maximum Gasteiger partial charge on any atom is 0.250 e. The Hall–Kier alpha value is -2.76. The number of anilines is 1. The Bertz CT molecular complexity index is 694. The summed E-state index contributed by atoms with van der Waals surface area (Å²) in [7, 11) is 3.06. The zero-order valence-corrected chi connectivity index (χ0v) is 11.8.